The maximum atomic E-state index is 12.2. The first-order valence-electron chi connectivity index (χ1n) is 7.01. The molecule has 0 atom stereocenters. The lowest BCUT2D eigenvalue weighted by Crippen LogP contribution is -2.38. The van der Waals surface area contributed by atoms with E-state index in [2.05, 4.69) is 4.98 Å². The zero-order valence-electron chi connectivity index (χ0n) is 11.8. The van der Waals surface area contributed by atoms with E-state index in [4.69, 9.17) is 13.9 Å². The van der Waals surface area contributed by atoms with Gasteiger partial charge in [-0.3, -0.25) is 4.79 Å². The number of nitrogens with zero attached hydrogens (tertiary/aromatic N) is 2. The highest BCUT2D eigenvalue weighted by molar-refractivity contribution is 5.77. The van der Waals surface area contributed by atoms with Crippen molar-refractivity contribution in [2.24, 2.45) is 5.41 Å². The summed E-state index contributed by atoms with van der Waals surface area (Å²) in [6.07, 6.45) is 3.96. The molecule has 2 fully saturated rings. The Morgan fingerprint density at radius 2 is 2.40 bits per heavy atom. The average Bonchev–Trinajstić information content (AvgIpc) is 3.13. The molecule has 0 bridgehead atoms. The van der Waals surface area contributed by atoms with Gasteiger partial charge < -0.3 is 18.8 Å². The summed E-state index contributed by atoms with van der Waals surface area (Å²) in [5.41, 5.74) is 0.228. The minimum absolute atomic E-state index is 0.0186. The second kappa shape index (κ2) is 5.54. The molecule has 1 spiro atoms. The van der Waals surface area contributed by atoms with Crippen molar-refractivity contribution < 1.29 is 18.7 Å². The maximum absolute atomic E-state index is 12.2. The molecule has 6 nitrogen and oxygen atoms in total. The molecule has 0 N–H and O–H groups in total. The Morgan fingerprint density at radius 1 is 1.55 bits per heavy atom. The number of carbonyl (C=O) groups excluding carboxylic acids is 1. The smallest absolute Gasteiger partial charge is 0.248 e. The van der Waals surface area contributed by atoms with Gasteiger partial charge in [0.15, 0.2) is 0 Å². The van der Waals surface area contributed by atoms with Crippen LogP contribution in [0.5, 0.6) is 0 Å². The standard InChI is InChI=1S/C14H20N2O4/c1-11-6-15-12(20-11)7-19-8-13(17)16-4-5-18-10-14(9-16)2-3-14/h6H,2-5,7-10H2,1H3. The molecule has 110 valence electrons. The van der Waals surface area contributed by atoms with E-state index in [9.17, 15) is 4.79 Å². The molecule has 0 aromatic carbocycles. The number of hydrogen-bond donors (Lipinski definition) is 0. The molecule has 0 unspecified atom stereocenters. The monoisotopic (exact) mass is 280 g/mol. The van der Waals surface area contributed by atoms with Crippen LogP contribution in [0.25, 0.3) is 0 Å². The largest absolute Gasteiger partial charge is 0.443 e. The van der Waals surface area contributed by atoms with Crippen LogP contribution in [-0.4, -0.2) is 48.7 Å². The summed E-state index contributed by atoms with van der Waals surface area (Å²) in [6.45, 7) is 4.98. The van der Waals surface area contributed by atoms with E-state index in [1.165, 1.54) is 0 Å². The second-order valence-electron chi connectivity index (χ2n) is 5.73. The fourth-order valence-electron chi connectivity index (χ4n) is 2.47. The zero-order chi connectivity index (χ0) is 14.0. The highest BCUT2D eigenvalue weighted by atomic mass is 16.5. The first-order chi connectivity index (χ1) is 9.67. The molecule has 1 saturated heterocycles. The summed E-state index contributed by atoms with van der Waals surface area (Å²) in [4.78, 5) is 18.1. The van der Waals surface area contributed by atoms with Gasteiger partial charge in [0, 0.05) is 18.5 Å². The van der Waals surface area contributed by atoms with Gasteiger partial charge in [-0.2, -0.15) is 0 Å². The Hall–Kier alpha value is -1.40. The lowest BCUT2D eigenvalue weighted by molar-refractivity contribution is -0.137. The van der Waals surface area contributed by atoms with E-state index < -0.39 is 0 Å². The van der Waals surface area contributed by atoms with Crippen molar-refractivity contribution in [3.05, 3.63) is 17.8 Å². The molecule has 3 rings (SSSR count). The van der Waals surface area contributed by atoms with Crippen molar-refractivity contribution in [3.63, 3.8) is 0 Å². The molecule has 1 saturated carbocycles. The number of rotatable bonds is 4. The van der Waals surface area contributed by atoms with Gasteiger partial charge in [0.25, 0.3) is 0 Å². The molecular formula is C14H20N2O4. The van der Waals surface area contributed by atoms with Crippen LogP contribution in [0.4, 0.5) is 0 Å². The molecule has 1 aromatic rings. The van der Waals surface area contributed by atoms with Crippen molar-refractivity contribution in [1.82, 2.24) is 9.88 Å². The van der Waals surface area contributed by atoms with E-state index in [0.717, 1.165) is 31.8 Å². The van der Waals surface area contributed by atoms with Crippen LogP contribution in [-0.2, 0) is 20.9 Å². The lowest BCUT2D eigenvalue weighted by Gasteiger charge is -2.23. The summed E-state index contributed by atoms with van der Waals surface area (Å²) in [5.74, 6) is 1.27. The number of ether oxygens (including phenoxy) is 2. The van der Waals surface area contributed by atoms with E-state index in [0.29, 0.717) is 19.0 Å². The Balaban J connectivity index is 1.46. The zero-order valence-corrected chi connectivity index (χ0v) is 11.8. The molecule has 20 heavy (non-hydrogen) atoms. The van der Waals surface area contributed by atoms with Gasteiger partial charge in [-0.1, -0.05) is 0 Å². The van der Waals surface area contributed by atoms with Crippen molar-refractivity contribution in [2.75, 3.05) is 32.9 Å². The van der Waals surface area contributed by atoms with Crippen LogP contribution in [0.15, 0.2) is 10.6 Å². The van der Waals surface area contributed by atoms with Gasteiger partial charge in [0.1, 0.15) is 19.0 Å². The van der Waals surface area contributed by atoms with Gasteiger partial charge in [0.2, 0.25) is 11.8 Å². The predicted molar refractivity (Wildman–Crippen MR) is 70.0 cm³/mol. The third kappa shape index (κ3) is 3.19. The lowest BCUT2D eigenvalue weighted by atomic mass is 10.1. The average molecular weight is 280 g/mol. The fraction of sp³-hybridized carbons (Fsp3) is 0.714. The van der Waals surface area contributed by atoms with Crippen LogP contribution in [0.1, 0.15) is 24.5 Å². The van der Waals surface area contributed by atoms with Gasteiger partial charge in [-0.25, -0.2) is 4.98 Å². The molecule has 2 aliphatic rings. The van der Waals surface area contributed by atoms with Gasteiger partial charge in [0.05, 0.1) is 19.4 Å². The van der Waals surface area contributed by atoms with E-state index in [-0.39, 0.29) is 24.5 Å². The minimum atomic E-state index is 0.0186. The molecule has 1 aliphatic heterocycles. The molecule has 6 heteroatoms. The van der Waals surface area contributed by atoms with Gasteiger partial charge >= 0.3 is 0 Å². The van der Waals surface area contributed by atoms with Crippen LogP contribution >= 0.6 is 0 Å². The Kier molecular flexibility index (Phi) is 3.76. The van der Waals surface area contributed by atoms with E-state index in [1.54, 1.807) is 6.20 Å². The van der Waals surface area contributed by atoms with Crippen molar-refractivity contribution in [3.8, 4) is 0 Å². The Morgan fingerprint density at radius 3 is 3.10 bits per heavy atom. The molecule has 1 aliphatic carbocycles. The summed E-state index contributed by atoms with van der Waals surface area (Å²) in [7, 11) is 0. The fourth-order valence-corrected chi connectivity index (χ4v) is 2.47. The predicted octanol–water partition coefficient (Wildman–Crippen LogP) is 1.14. The van der Waals surface area contributed by atoms with Crippen LogP contribution in [0.2, 0.25) is 0 Å². The summed E-state index contributed by atoms with van der Waals surface area (Å²) >= 11 is 0. The van der Waals surface area contributed by atoms with Crippen molar-refractivity contribution in [1.29, 1.82) is 0 Å². The first-order valence-corrected chi connectivity index (χ1v) is 7.01. The second-order valence-corrected chi connectivity index (χ2v) is 5.73. The SMILES string of the molecule is Cc1cnc(COCC(=O)N2CCOCC3(CC3)C2)o1. The third-order valence-corrected chi connectivity index (χ3v) is 3.87. The number of hydrogen-bond acceptors (Lipinski definition) is 5. The van der Waals surface area contributed by atoms with Gasteiger partial charge in [-0.15, -0.1) is 0 Å². The molecular weight excluding hydrogens is 260 g/mol. The Bertz CT molecular complexity index is 481. The minimum Gasteiger partial charge on any atom is -0.443 e. The number of oxazole rings is 1. The number of aryl methyl sites for hydroxylation is 1. The van der Waals surface area contributed by atoms with Crippen LogP contribution < -0.4 is 0 Å². The molecule has 2 heterocycles. The normalized spacial score (nSPS) is 20.9. The van der Waals surface area contributed by atoms with E-state index >= 15 is 0 Å². The molecule has 1 aromatic heterocycles. The number of amides is 1. The van der Waals surface area contributed by atoms with Crippen molar-refractivity contribution >= 4 is 5.91 Å². The summed E-state index contributed by atoms with van der Waals surface area (Å²) in [6, 6.07) is 0. The van der Waals surface area contributed by atoms with Gasteiger partial charge in [-0.05, 0) is 19.8 Å². The van der Waals surface area contributed by atoms with Crippen LogP contribution in [0, 0.1) is 12.3 Å². The maximum Gasteiger partial charge on any atom is 0.248 e. The summed E-state index contributed by atoms with van der Waals surface area (Å²) in [5, 5.41) is 0. The molecule has 0 radical (unpaired) electrons. The summed E-state index contributed by atoms with van der Waals surface area (Å²) < 4.78 is 16.3. The number of carbonyl (C=O) groups is 1. The topological polar surface area (TPSA) is 64.8 Å². The van der Waals surface area contributed by atoms with Crippen molar-refractivity contribution in [2.45, 2.75) is 26.4 Å². The quantitative estimate of drug-likeness (QED) is 0.827. The number of aromatic nitrogens is 1. The molecule has 1 amide bonds. The highest BCUT2D eigenvalue weighted by Gasteiger charge is 2.46. The van der Waals surface area contributed by atoms with E-state index in [1.807, 2.05) is 11.8 Å². The first kappa shape index (κ1) is 13.6. The van der Waals surface area contributed by atoms with Crippen LogP contribution in [0.3, 0.4) is 0 Å². The Labute approximate surface area is 118 Å². The third-order valence-electron chi connectivity index (χ3n) is 3.87. The highest BCUT2D eigenvalue weighted by Crippen LogP contribution is 2.47.